The van der Waals surface area contributed by atoms with Crippen LogP contribution < -0.4 is 10.2 Å². The summed E-state index contributed by atoms with van der Waals surface area (Å²) in [6.07, 6.45) is -0.162. The van der Waals surface area contributed by atoms with Gasteiger partial charge in [0.25, 0.3) is 0 Å². The molecule has 0 aliphatic heterocycles. The van der Waals surface area contributed by atoms with E-state index in [4.69, 9.17) is 9.15 Å². The predicted molar refractivity (Wildman–Crippen MR) is 84.5 cm³/mol. The number of esters is 1. The Morgan fingerprint density at radius 3 is 2.58 bits per heavy atom. The zero-order valence-corrected chi connectivity index (χ0v) is 13.5. The molecule has 128 valence electrons. The summed E-state index contributed by atoms with van der Waals surface area (Å²) in [5, 5.41) is 19.8. The standard InChI is InChI=1S/C17H18O7/c1-9-6-13(19)16(21)17(24-9)11(8-15(20)23-3)10-4-5-12(18)14(7-10)22-2/h4-7,11,18,21H,8H2,1-3H3/t11-/m0/s1. The summed E-state index contributed by atoms with van der Waals surface area (Å²) >= 11 is 0. The Labute approximate surface area is 138 Å². The minimum Gasteiger partial charge on any atom is -0.504 e. The lowest BCUT2D eigenvalue weighted by atomic mass is 9.92. The van der Waals surface area contributed by atoms with Crippen molar-refractivity contribution in [2.45, 2.75) is 19.3 Å². The first kappa shape index (κ1) is 17.4. The van der Waals surface area contributed by atoms with E-state index in [1.54, 1.807) is 13.0 Å². The Kier molecular flexibility index (Phi) is 5.13. The molecule has 0 fully saturated rings. The van der Waals surface area contributed by atoms with Gasteiger partial charge in [-0.05, 0) is 24.6 Å². The minimum absolute atomic E-state index is 0.0434. The van der Waals surface area contributed by atoms with Gasteiger partial charge in [0.05, 0.1) is 26.6 Å². The number of hydrogen-bond donors (Lipinski definition) is 2. The highest BCUT2D eigenvalue weighted by molar-refractivity contribution is 5.71. The van der Waals surface area contributed by atoms with Gasteiger partial charge in [-0.15, -0.1) is 0 Å². The molecule has 0 unspecified atom stereocenters. The van der Waals surface area contributed by atoms with E-state index >= 15 is 0 Å². The van der Waals surface area contributed by atoms with Crippen molar-refractivity contribution < 1.29 is 28.9 Å². The molecule has 2 aromatic rings. The van der Waals surface area contributed by atoms with Gasteiger partial charge in [-0.25, -0.2) is 0 Å². The van der Waals surface area contributed by atoms with Crippen LogP contribution in [0.1, 0.15) is 29.4 Å². The maximum atomic E-state index is 11.8. The van der Waals surface area contributed by atoms with Crippen LogP contribution in [-0.2, 0) is 9.53 Å². The molecule has 1 atom stereocenters. The minimum atomic E-state index is -0.778. The van der Waals surface area contributed by atoms with Crippen molar-refractivity contribution in [3.05, 3.63) is 51.6 Å². The highest BCUT2D eigenvalue weighted by Gasteiger charge is 2.27. The summed E-state index contributed by atoms with van der Waals surface area (Å²) in [7, 11) is 2.63. The Bertz CT molecular complexity index is 807. The summed E-state index contributed by atoms with van der Waals surface area (Å²) in [4.78, 5) is 23.6. The van der Waals surface area contributed by atoms with E-state index in [1.165, 1.54) is 26.4 Å². The molecule has 0 saturated heterocycles. The molecule has 0 spiro atoms. The fourth-order valence-corrected chi connectivity index (χ4v) is 2.38. The van der Waals surface area contributed by atoms with Crippen molar-refractivity contribution >= 4 is 5.97 Å². The van der Waals surface area contributed by atoms with Gasteiger partial charge >= 0.3 is 5.97 Å². The number of aryl methyl sites for hydroxylation is 1. The van der Waals surface area contributed by atoms with Crippen LogP contribution in [0.25, 0.3) is 0 Å². The third-order valence-electron chi connectivity index (χ3n) is 3.59. The van der Waals surface area contributed by atoms with Crippen LogP contribution in [0.4, 0.5) is 0 Å². The second-order valence-corrected chi connectivity index (χ2v) is 5.20. The highest BCUT2D eigenvalue weighted by atomic mass is 16.5. The maximum Gasteiger partial charge on any atom is 0.306 e. The predicted octanol–water partition coefficient (Wildman–Crippen LogP) is 2.06. The third kappa shape index (κ3) is 3.51. The van der Waals surface area contributed by atoms with Gasteiger partial charge in [0.2, 0.25) is 11.2 Å². The zero-order chi connectivity index (χ0) is 17.9. The number of rotatable bonds is 5. The van der Waals surface area contributed by atoms with Crippen LogP contribution in [0.5, 0.6) is 17.2 Å². The molecule has 0 amide bonds. The average molecular weight is 334 g/mol. The molecular formula is C17H18O7. The topological polar surface area (TPSA) is 106 Å². The molecule has 24 heavy (non-hydrogen) atoms. The number of carbonyl (C=O) groups excluding carboxylic acids is 1. The van der Waals surface area contributed by atoms with E-state index < -0.39 is 23.1 Å². The van der Waals surface area contributed by atoms with Gasteiger partial charge in [-0.1, -0.05) is 6.07 Å². The van der Waals surface area contributed by atoms with E-state index in [2.05, 4.69) is 4.74 Å². The molecule has 0 radical (unpaired) electrons. The fourth-order valence-electron chi connectivity index (χ4n) is 2.38. The lowest BCUT2D eigenvalue weighted by Gasteiger charge is -2.18. The summed E-state index contributed by atoms with van der Waals surface area (Å²) in [5.74, 6) is -1.52. The molecule has 1 heterocycles. The summed E-state index contributed by atoms with van der Waals surface area (Å²) in [6, 6.07) is 5.60. The van der Waals surface area contributed by atoms with E-state index in [1.807, 2.05) is 0 Å². The second kappa shape index (κ2) is 7.08. The second-order valence-electron chi connectivity index (χ2n) is 5.20. The lowest BCUT2D eigenvalue weighted by molar-refractivity contribution is -0.140. The van der Waals surface area contributed by atoms with Crippen LogP contribution in [-0.4, -0.2) is 30.4 Å². The van der Waals surface area contributed by atoms with E-state index in [0.717, 1.165) is 6.07 Å². The van der Waals surface area contributed by atoms with Gasteiger partial charge in [0.1, 0.15) is 5.76 Å². The van der Waals surface area contributed by atoms with Gasteiger partial charge < -0.3 is 24.1 Å². The molecule has 1 aromatic carbocycles. The first-order valence-electron chi connectivity index (χ1n) is 7.14. The number of phenolic OH excluding ortho intramolecular Hbond substituents is 1. The summed E-state index contributed by atoms with van der Waals surface area (Å²) < 4.78 is 15.2. The Hall–Kier alpha value is -2.96. The van der Waals surface area contributed by atoms with Crippen molar-refractivity contribution in [1.29, 1.82) is 0 Å². The Morgan fingerprint density at radius 2 is 1.96 bits per heavy atom. The Morgan fingerprint density at radius 1 is 1.25 bits per heavy atom. The van der Waals surface area contributed by atoms with Gasteiger partial charge in [0, 0.05) is 6.07 Å². The lowest BCUT2D eigenvalue weighted by Crippen LogP contribution is -2.13. The smallest absolute Gasteiger partial charge is 0.306 e. The molecule has 0 aliphatic rings. The molecule has 1 aromatic heterocycles. The first-order chi connectivity index (χ1) is 11.4. The number of hydrogen-bond acceptors (Lipinski definition) is 7. The monoisotopic (exact) mass is 334 g/mol. The number of ether oxygens (including phenoxy) is 2. The molecule has 2 rings (SSSR count). The third-order valence-corrected chi connectivity index (χ3v) is 3.59. The molecule has 7 heteroatoms. The molecular weight excluding hydrogens is 316 g/mol. The maximum absolute atomic E-state index is 11.8. The van der Waals surface area contributed by atoms with Crippen LogP contribution in [0, 0.1) is 6.92 Å². The molecule has 7 nitrogen and oxygen atoms in total. The van der Waals surface area contributed by atoms with E-state index in [0.29, 0.717) is 11.3 Å². The van der Waals surface area contributed by atoms with Gasteiger partial charge in [0.15, 0.2) is 17.3 Å². The van der Waals surface area contributed by atoms with E-state index in [9.17, 15) is 19.8 Å². The highest BCUT2D eigenvalue weighted by Crippen LogP contribution is 2.37. The number of methoxy groups -OCH3 is 2. The van der Waals surface area contributed by atoms with Crippen molar-refractivity contribution in [3.8, 4) is 17.2 Å². The van der Waals surface area contributed by atoms with Crippen molar-refractivity contribution in [3.63, 3.8) is 0 Å². The SMILES string of the molecule is COC(=O)C[C@@H](c1ccc(O)c(OC)c1)c1oc(C)cc(=O)c1O. The zero-order valence-electron chi connectivity index (χ0n) is 13.5. The van der Waals surface area contributed by atoms with Crippen molar-refractivity contribution in [2.24, 2.45) is 0 Å². The number of aromatic hydroxyl groups is 2. The first-order valence-corrected chi connectivity index (χ1v) is 7.14. The largest absolute Gasteiger partial charge is 0.504 e. The number of benzene rings is 1. The van der Waals surface area contributed by atoms with Crippen molar-refractivity contribution in [2.75, 3.05) is 14.2 Å². The number of carbonyl (C=O) groups is 1. The Balaban J connectivity index is 2.62. The molecule has 0 bridgehead atoms. The van der Waals surface area contributed by atoms with Crippen molar-refractivity contribution in [1.82, 2.24) is 0 Å². The molecule has 0 saturated carbocycles. The van der Waals surface area contributed by atoms with Gasteiger partial charge in [-0.2, -0.15) is 0 Å². The molecule has 2 N–H and O–H groups in total. The van der Waals surface area contributed by atoms with E-state index in [-0.39, 0.29) is 23.7 Å². The summed E-state index contributed by atoms with van der Waals surface area (Å²) in [5.41, 5.74) is -0.0894. The normalized spacial score (nSPS) is 11.8. The van der Waals surface area contributed by atoms with Crippen LogP contribution in [0.3, 0.4) is 0 Å². The molecule has 0 aliphatic carbocycles. The number of phenols is 1. The average Bonchev–Trinajstić information content (AvgIpc) is 2.56. The van der Waals surface area contributed by atoms with Crippen LogP contribution in [0.15, 0.2) is 33.5 Å². The summed E-state index contributed by atoms with van der Waals surface area (Å²) in [6.45, 7) is 1.57. The quantitative estimate of drug-likeness (QED) is 0.806. The van der Waals surface area contributed by atoms with Crippen LogP contribution in [0.2, 0.25) is 0 Å². The fraction of sp³-hybridized carbons (Fsp3) is 0.294. The van der Waals surface area contributed by atoms with Crippen LogP contribution >= 0.6 is 0 Å². The van der Waals surface area contributed by atoms with Gasteiger partial charge in [-0.3, -0.25) is 9.59 Å².